The fraction of sp³-hybridized carbons (Fsp3) is 0.385. The highest BCUT2D eigenvalue weighted by Crippen LogP contribution is 2.49. The van der Waals surface area contributed by atoms with Crippen molar-refractivity contribution in [2.24, 2.45) is 0 Å². The Morgan fingerprint density at radius 2 is 1.30 bits per heavy atom. The van der Waals surface area contributed by atoms with Gasteiger partial charge in [-0.3, -0.25) is 0 Å². The molecule has 27 heavy (non-hydrogen) atoms. The Kier molecular flexibility index (Phi) is 4.10. The van der Waals surface area contributed by atoms with Crippen LogP contribution in [0, 0.1) is 0 Å². The summed E-state index contributed by atoms with van der Waals surface area (Å²) in [6.45, 7) is 9.60. The maximum atomic E-state index is 2.48. The van der Waals surface area contributed by atoms with Crippen LogP contribution >= 0.6 is 0 Å². The largest absolute Gasteiger partial charge is 0.377 e. The van der Waals surface area contributed by atoms with Gasteiger partial charge in [0.1, 0.15) is 0 Å². The maximum absolute atomic E-state index is 2.48. The van der Waals surface area contributed by atoms with E-state index in [9.17, 15) is 0 Å². The molecule has 0 heterocycles. The second-order valence-corrected chi connectivity index (χ2v) is 9.64. The molecule has 0 unspecified atom stereocenters. The van der Waals surface area contributed by atoms with Crippen LogP contribution in [0.5, 0.6) is 0 Å². The number of fused-ring (bicyclic) bond motifs is 2. The quantitative estimate of drug-likeness (QED) is 0.481. The summed E-state index contributed by atoms with van der Waals surface area (Å²) in [6, 6.07) is 20.4. The first-order valence-electron chi connectivity index (χ1n) is 10.0. The summed E-state index contributed by atoms with van der Waals surface area (Å²) in [5.41, 5.74) is 7.46. The molecule has 1 aliphatic rings. The molecule has 1 aliphatic carbocycles. The van der Waals surface area contributed by atoms with Gasteiger partial charge in [0, 0.05) is 25.3 Å². The monoisotopic (exact) mass is 357 g/mol. The van der Waals surface area contributed by atoms with Crippen LogP contribution < -0.4 is 4.90 Å². The van der Waals surface area contributed by atoms with Crippen LogP contribution in [0.2, 0.25) is 0 Å². The molecule has 0 saturated heterocycles. The molecule has 0 fully saturated rings. The fourth-order valence-electron chi connectivity index (χ4n) is 4.56. The SMILES string of the molecule is CN(C)c1cc2c(cc1-c1ccc3ccccc3c1)C(C)(C)CCC2(C)C. The smallest absolute Gasteiger partial charge is 0.0443 e. The normalized spacial score (nSPS) is 17.6. The predicted octanol–water partition coefficient (Wildman–Crippen LogP) is 6.92. The number of anilines is 1. The lowest BCUT2D eigenvalue weighted by molar-refractivity contribution is 0.332. The lowest BCUT2D eigenvalue weighted by Crippen LogP contribution is -2.34. The maximum Gasteiger partial charge on any atom is 0.0443 e. The average Bonchev–Trinajstić information content (AvgIpc) is 2.64. The molecular formula is C26H31N. The third-order valence-electron chi connectivity index (χ3n) is 6.51. The number of hydrogen-bond donors (Lipinski definition) is 0. The highest BCUT2D eigenvalue weighted by Gasteiger charge is 2.37. The van der Waals surface area contributed by atoms with Gasteiger partial charge in [-0.15, -0.1) is 0 Å². The van der Waals surface area contributed by atoms with E-state index in [1.165, 1.54) is 51.6 Å². The third-order valence-corrected chi connectivity index (χ3v) is 6.51. The van der Waals surface area contributed by atoms with Gasteiger partial charge in [0.05, 0.1) is 0 Å². The molecule has 0 radical (unpaired) electrons. The van der Waals surface area contributed by atoms with E-state index in [2.05, 4.69) is 101 Å². The molecule has 0 N–H and O–H groups in total. The lowest BCUT2D eigenvalue weighted by atomic mass is 9.62. The number of rotatable bonds is 2. The summed E-state index contributed by atoms with van der Waals surface area (Å²) in [6.07, 6.45) is 2.49. The van der Waals surface area contributed by atoms with Crippen molar-refractivity contribution >= 4 is 16.5 Å². The number of hydrogen-bond acceptors (Lipinski definition) is 1. The van der Waals surface area contributed by atoms with E-state index in [4.69, 9.17) is 0 Å². The molecule has 0 bridgehead atoms. The molecule has 0 spiro atoms. The zero-order valence-electron chi connectivity index (χ0n) is 17.6. The molecular weight excluding hydrogens is 326 g/mol. The van der Waals surface area contributed by atoms with Crippen LogP contribution in [0.25, 0.3) is 21.9 Å². The van der Waals surface area contributed by atoms with Crippen LogP contribution in [0.15, 0.2) is 54.6 Å². The Labute approximate surface area is 164 Å². The summed E-state index contributed by atoms with van der Waals surface area (Å²) in [4.78, 5) is 2.27. The molecule has 0 amide bonds. The first kappa shape index (κ1) is 18.1. The third kappa shape index (κ3) is 3.04. The molecule has 3 aromatic carbocycles. The van der Waals surface area contributed by atoms with Crippen molar-refractivity contribution in [3.05, 3.63) is 65.7 Å². The fourth-order valence-corrected chi connectivity index (χ4v) is 4.56. The Morgan fingerprint density at radius 3 is 1.93 bits per heavy atom. The van der Waals surface area contributed by atoms with Gasteiger partial charge >= 0.3 is 0 Å². The molecule has 0 atom stereocenters. The van der Waals surface area contributed by atoms with Crippen LogP contribution in [0.1, 0.15) is 51.7 Å². The van der Waals surface area contributed by atoms with Gasteiger partial charge in [0.25, 0.3) is 0 Å². The van der Waals surface area contributed by atoms with Crippen LogP contribution in [0.3, 0.4) is 0 Å². The zero-order chi connectivity index (χ0) is 19.4. The van der Waals surface area contributed by atoms with E-state index in [1.54, 1.807) is 0 Å². The van der Waals surface area contributed by atoms with Crippen molar-refractivity contribution in [1.29, 1.82) is 0 Å². The van der Waals surface area contributed by atoms with Crippen molar-refractivity contribution in [3.63, 3.8) is 0 Å². The van der Waals surface area contributed by atoms with E-state index in [0.29, 0.717) is 0 Å². The number of benzene rings is 3. The van der Waals surface area contributed by atoms with Gasteiger partial charge in [0.2, 0.25) is 0 Å². The lowest BCUT2D eigenvalue weighted by Gasteiger charge is -2.43. The number of nitrogens with zero attached hydrogens (tertiary/aromatic N) is 1. The molecule has 3 aromatic rings. The molecule has 1 nitrogen and oxygen atoms in total. The van der Waals surface area contributed by atoms with Crippen molar-refractivity contribution in [2.75, 3.05) is 19.0 Å². The van der Waals surface area contributed by atoms with Gasteiger partial charge in [-0.05, 0) is 69.3 Å². The minimum atomic E-state index is 0.224. The Hall–Kier alpha value is -2.28. The van der Waals surface area contributed by atoms with Crippen LogP contribution in [-0.2, 0) is 10.8 Å². The second kappa shape index (κ2) is 6.12. The molecule has 0 saturated carbocycles. The Morgan fingerprint density at radius 1 is 0.704 bits per heavy atom. The summed E-state index contributed by atoms with van der Waals surface area (Å²) in [5, 5.41) is 2.60. The predicted molar refractivity (Wildman–Crippen MR) is 119 cm³/mol. The van der Waals surface area contributed by atoms with Crippen molar-refractivity contribution in [1.82, 2.24) is 0 Å². The highest BCUT2D eigenvalue weighted by atomic mass is 15.1. The first-order chi connectivity index (χ1) is 12.7. The minimum absolute atomic E-state index is 0.224. The molecule has 0 aromatic heterocycles. The summed E-state index contributed by atoms with van der Waals surface area (Å²) in [5.74, 6) is 0. The van der Waals surface area contributed by atoms with Crippen LogP contribution in [0.4, 0.5) is 5.69 Å². The van der Waals surface area contributed by atoms with E-state index in [0.717, 1.165) is 0 Å². The average molecular weight is 358 g/mol. The van der Waals surface area contributed by atoms with Gasteiger partial charge in [-0.2, -0.15) is 0 Å². The van der Waals surface area contributed by atoms with Gasteiger partial charge in [-0.25, -0.2) is 0 Å². The molecule has 0 aliphatic heterocycles. The van der Waals surface area contributed by atoms with Crippen molar-refractivity contribution in [2.45, 2.75) is 51.4 Å². The Balaban J connectivity index is 1.99. The summed E-state index contributed by atoms with van der Waals surface area (Å²) >= 11 is 0. The van der Waals surface area contributed by atoms with E-state index in [-0.39, 0.29) is 10.8 Å². The van der Waals surface area contributed by atoms with E-state index < -0.39 is 0 Å². The first-order valence-corrected chi connectivity index (χ1v) is 10.0. The zero-order valence-corrected chi connectivity index (χ0v) is 17.6. The minimum Gasteiger partial charge on any atom is -0.377 e. The van der Waals surface area contributed by atoms with Gasteiger partial charge in [-0.1, -0.05) is 64.1 Å². The van der Waals surface area contributed by atoms with E-state index >= 15 is 0 Å². The highest BCUT2D eigenvalue weighted by molar-refractivity contribution is 5.90. The van der Waals surface area contributed by atoms with Crippen molar-refractivity contribution < 1.29 is 0 Å². The topological polar surface area (TPSA) is 3.24 Å². The summed E-state index contributed by atoms with van der Waals surface area (Å²) in [7, 11) is 4.32. The van der Waals surface area contributed by atoms with Gasteiger partial charge in [0.15, 0.2) is 0 Å². The van der Waals surface area contributed by atoms with Crippen LogP contribution in [-0.4, -0.2) is 14.1 Å². The second-order valence-electron chi connectivity index (χ2n) is 9.64. The van der Waals surface area contributed by atoms with Gasteiger partial charge < -0.3 is 4.90 Å². The Bertz CT molecular complexity index is 1010. The molecule has 4 rings (SSSR count). The van der Waals surface area contributed by atoms with Crippen molar-refractivity contribution in [3.8, 4) is 11.1 Å². The standard InChI is InChI=1S/C26H31N/c1-25(2)13-14-26(3,4)23-17-24(27(5)6)21(16-22(23)25)20-12-11-18-9-7-8-10-19(18)15-20/h7-12,15-17H,13-14H2,1-6H3. The molecule has 1 heteroatoms. The molecule has 140 valence electrons. The van der Waals surface area contributed by atoms with E-state index in [1.807, 2.05) is 0 Å². The summed E-state index contributed by atoms with van der Waals surface area (Å²) < 4.78 is 0.